The van der Waals surface area contributed by atoms with Crippen molar-refractivity contribution in [3.63, 3.8) is 0 Å². The molecule has 0 saturated carbocycles. The number of rotatable bonds is 9. The average molecular weight is 1270 g/mol. The maximum atomic E-state index is 11.8. The van der Waals surface area contributed by atoms with Gasteiger partial charge in [-0.05, 0) is 168 Å². The summed E-state index contributed by atoms with van der Waals surface area (Å²) >= 11 is 0. The van der Waals surface area contributed by atoms with Gasteiger partial charge in [0.2, 0.25) is 0 Å². The Morgan fingerprint density at radius 3 is 1.03 bits per heavy atom. The van der Waals surface area contributed by atoms with Gasteiger partial charge in [-0.3, -0.25) is 0 Å². The fraction of sp³-hybridized carbons (Fsp3) is 0.152. The number of hydrogen-bond donors (Lipinski definition) is 0. The normalized spacial score (nSPS) is 16.1. The molecular formula is C92H79BN4. The van der Waals surface area contributed by atoms with Crippen LogP contribution < -0.4 is 26.2 Å². The number of fused-ring (bicyclic) bond motifs is 10. The van der Waals surface area contributed by atoms with Crippen LogP contribution in [-0.2, 0) is 22.7 Å². The van der Waals surface area contributed by atoms with Crippen molar-refractivity contribution in [2.75, 3.05) is 9.80 Å². The molecule has 2 aromatic heterocycles. The molecule has 4 heterocycles. The Morgan fingerprint density at radius 1 is 0.340 bits per heavy atom. The van der Waals surface area contributed by atoms with E-state index < -0.39 is 167 Å². The third-order valence-electron chi connectivity index (χ3n) is 19.3. The molecule has 0 spiro atoms. The lowest BCUT2D eigenvalue weighted by Crippen LogP contribution is -2.62. The predicted molar refractivity (Wildman–Crippen MR) is 416 cm³/mol. The molecular weight excluding hydrogens is 1170 g/mol. The Labute approximate surface area is 601 Å². The highest BCUT2D eigenvalue weighted by Gasteiger charge is 2.47. The SMILES string of the molecule is [2H]c1c([2H])c(-n2c3c([2H])c([2H])c([2H])c([2H])c3c3c([2H])c([2H])c([2H])c([2H])c32)c([2H])c2c1B1c3c(cc(C(C)(C)C)cc3N(c3c(-c4ccccc4)cc(C(C)(C)C)cc3-c3ccccc3)c3c([2H])c(-n4c5c([2H])c([2H])c([2H])c([2H])c5c5c([2H])c([2H])c([2H])c([2H])c54)c([2H])c(CC)c31)N2c1c(-c2ccccc2)cc(C(C)(C)C)cc1-c1ccccc1. The molecule has 5 heteroatoms. The first-order valence-electron chi connectivity index (χ1n) is 43.5. The lowest BCUT2D eigenvalue weighted by atomic mass is 9.32. The van der Waals surface area contributed by atoms with Gasteiger partial charge in [-0.1, -0.05) is 269 Å². The molecule has 0 radical (unpaired) electrons. The zero-order valence-corrected chi connectivity index (χ0v) is 55.6. The summed E-state index contributed by atoms with van der Waals surface area (Å²) in [5, 5.41) is -1.20. The Hall–Kier alpha value is -10.9. The molecule has 15 aromatic rings. The molecule has 2 aliphatic heterocycles. The molecule has 470 valence electrons. The van der Waals surface area contributed by atoms with Gasteiger partial charge < -0.3 is 18.9 Å². The summed E-state index contributed by atoms with van der Waals surface area (Å²) in [5.74, 6) is 0. The molecule has 0 saturated heterocycles. The van der Waals surface area contributed by atoms with Crippen molar-refractivity contribution in [3.05, 3.63) is 307 Å². The molecule has 2 aliphatic rings. The average Bonchev–Trinajstić information content (AvgIpc) is 0.887. The van der Waals surface area contributed by atoms with Gasteiger partial charge >= 0.3 is 0 Å². The lowest BCUT2D eigenvalue weighted by Gasteiger charge is -2.47. The van der Waals surface area contributed by atoms with Gasteiger partial charge in [0, 0.05) is 77.9 Å². The minimum atomic E-state index is -1.44. The van der Waals surface area contributed by atoms with E-state index in [4.69, 9.17) is 5.48 Å². The van der Waals surface area contributed by atoms with Crippen LogP contribution in [0.2, 0.25) is 0 Å². The summed E-state index contributed by atoms with van der Waals surface area (Å²) in [7, 11) is 0. The molecule has 0 atom stereocenters. The van der Waals surface area contributed by atoms with Crippen LogP contribution in [0.15, 0.2) is 285 Å². The van der Waals surface area contributed by atoms with Crippen LogP contribution in [0.1, 0.15) is 120 Å². The number of benzene rings is 13. The van der Waals surface area contributed by atoms with Crippen molar-refractivity contribution < 1.29 is 28.8 Å². The fourth-order valence-electron chi connectivity index (χ4n) is 14.5. The minimum Gasteiger partial charge on any atom is -0.310 e. The second kappa shape index (κ2) is 22.6. The Balaban J connectivity index is 1.18. The van der Waals surface area contributed by atoms with E-state index in [0.717, 1.165) is 37.9 Å². The first kappa shape index (κ1) is 41.2. The van der Waals surface area contributed by atoms with Gasteiger partial charge in [0.15, 0.2) is 0 Å². The van der Waals surface area contributed by atoms with Crippen molar-refractivity contribution in [2.45, 2.75) is 91.9 Å². The Morgan fingerprint density at radius 2 is 0.670 bits per heavy atom. The molecule has 0 unspecified atom stereocenters. The summed E-state index contributed by atoms with van der Waals surface area (Å²) in [6.45, 7) is 19.3. The standard InChI is InChI=1S/C92H79BN4/c1-11-59-50-68(95-80-46-30-26-42-71(80)72-43-27-31-47-81(72)95)58-85-86(59)93-77-49-48-67(94-78-44-28-24-40-69(78)70-41-25-29-45-79(70)94)57-82(77)96(88-73(60-32-16-12-17-33-60)51-64(90(2,3)4)52-74(88)61-34-18-13-19-35-61)83-55-66(92(8,9)10)56-84(87(83)93)97(85)89-75(62-36-20-14-21-37-62)53-65(91(5,6)7)54-76(89)63-38-22-15-23-39-63/h12-58H,11H2,1-10H3/i24D,25D,26D,27D,28D,29D,30D,31D,40D,41D,42D,43D,44D,45D,46D,47D,48D,49D,50D,57D,58D. The van der Waals surface area contributed by atoms with E-state index in [1.807, 2.05) is 138 Å². The summed E-state index contributed by atoms with van der Waals surface area (Å²) < 4.78 is 212. The zero-order chi connectivity index (χ0) is 84.5. The maximum Gasteiger partial charge on any atom is 0.252 e. The Kier molecular flexibility index (Phi) is 9.61. The monoisotopic (exact) mass is 1270 g/mol. The van der Waals surface area contributed by atoms with Gasteiger partial charge in [-0.25, -0.2) is 0 Å². The van der Waals surface area contributed by atoms with Crippen LogP contribution in [0.5, 0.6) is 0 Å². The van der Waals surface area contributed by atoms with Crippen molar-refractivity contribution >= 4 is 101 Å². The number of nitrogens with zero attached hydrogens (tertiary/aromatic N) is 4. The van der Waals surface area contributed by atoms with E-state index in [0.29, 0.717) is 56.0 Å². The van der Waals surface area contributed by atoms with Crippen LogP contribution in [0.4, 0.5) is 34.1 Å². The van der Waals surface area contributed by atoms with E-state index in [-0.39, 0.29) is 72.6 Å². The van der Waals surface area contributed by atoms with Gasteiger partial charge in [0.05, 0.1) is 62.2 Å². The van der Waals surface area contributed by atoms with Crippen LogP contribution in [-0.4, -0.2) is 15.8 Å². The highest BCUT2D eigenvalue weighted by Crippen LogP contribution is 2.56. The first-order valence-corrected chi connectivity index (χ1v) is 33.0. The third-order valence-corrected chi connectivity index (χ3v) is 19.3. The molecule has 13 aromatic carbocycles. The summed E-state index contributed by atoms with van der Waals surface area (Å²) in [4.78, 5) is 3.99. The fourth-order valence-corrected chi connectivity index (χ4v) is 14.5. The van der Waals surface area contributed by atoms with Crippen molar-refractivity contribution in [1.29, 1.82) is 0 Å². The van der Waals surface area contributed by atoms with E-state index in [1.165, 1.54) is 4.57 Å². The minimum absolute atomic E-state index is 0.0182. The molecule has 17 rings (SSSR count). The molecule has 4 nitrogen and oxygen atoms in total. The van der Waals surface area contributed by atoms with Crippen molar-refractivity contribution in [2.24, 2.45) is 0 Å². The topological polar surface area (TPSA) is 16.3 Å². The quantitative estimate of drug-likeness (QED) is 0.134. The van der Waals surface area contributed by atoms with E-state index in [9.17, 15) is 23.3 Å². The molecule has 0 N–H and O–H groups in total. The van der Waals surface area contributed by atoms with Crippen LogP contribution >= 0.6 is 0 Å². The van der Waals surface area contributed by atoms with E-state index in [2.05, 4.69) is 98.7 Å². The van der Waals surface area contributed by atoms with Gasteiger partial charge in [-0.2, -0.15) is 0 Å². The molecule has 0 amide bonds. The van der Waals surface area contributed by atoms with Gasteiger partial charge in [0.1, 0.15) is 0 Å². The van der Waals surface area contributed by atoms with Crippen LogP contribution in [0.25, 0.3) is 99.5 Å². The largest absolute Gasteiger partial charge is 0.310 e. The molecule has 97 heavy (non-hydrogen) atoms. The molecule has 0 aliphatic carbocycles. The summed E-state index contributed by atoms with van der Waals surface area (Å²) in [5.41, 5.74) is 6.45. The smallest absolute Gasteiger partial charge is 0.252 e. The second-order valence-corrected chi connectivity index (χ2v) is 28.3. The zero-order valence-electron chi connectivity index (χ0n) is 76.6. The predicted octanol–water partition coefficient (Wildman–Crippen LogP) is 23.1. The second-order valence-electron chi connectivity index (χ2n) is 28.3. The third kappa shape index (κ3) is 9.71. The highest BCUT2D eigenvalue weighted by atomic mass is 15.2. The first-order chi connectivity index (χ1) is 55.8. The molecule has 0 bridgehead atoms. The van der Waals surface area contributed by atoms with Crippen molar-refractivity contribution in [3.8, 4) is 55.9 Å². The van der Waals surface area contributed by atoms with E-state index >= 15 is 0 Å². The number of aromatic nitrogens is 2. The maximum absolute atomic E-state index is 11.8. The lowest BCUT2D eigenvalue weighted by molar-refractivity contribution is 0.590. The summed E-state index contributed by atoms with van der Waals surface area (Å²) in [6, 6.07) is 38.0. The van der Waals surface area contributed by atoms with Gasteiger partial charge in [0.25, 0.3) is 6.71 Å². The van der Waals surface area contributed by atoms with Crippen LogP contribution in [0.3, 0.4) is 0 Å². The van der Waals surface area contributed by atoms with Crippen LogP contribution in [0, 0.1) is 0 Å². The van der Waals surface area contributed by atoms with E-state index in [1.54, 1.807) is 0 Å². The number of para-hydroxylation sites is 4. The van der Waals surface area contributed by atoms with Gasteiger partial charge in [-0.15, -0.1) is 0 Å². The van der Waals surface area contributed by atoms with Crippen molar-refractivity contribution in [1.82, 2.24) is 9.13 Å². The summed E-state index contributed by atoms with van der Waals surface area (Å²) in [6.07, 6.45) is -0.0844. The Bertz CT molecular complexity index is 6630. The molecule has 0 fully saturated rings. The number of anilines is 6. The number of hydrogen-bond acceptors (Lipinski definition) is 2. The highest BCUT2D eigenvalue weighted by molar-refractivity contribution is 7.00.